The topological polar surface area (TPSA) is 17.1 Å². The van der Waals surface area contributed by atoms with Gasteiger partial charge in [0.05, 0.1) is 4.88 Å². The molecule has 8 heteroatoms. The molecule has 1 aromatic heterocycles. The zero-order valence-corrected chi connectivity index (χ0v) is 9.84. The molecule has 0 spiro atoms. The van der Waals surface area contributed by atoms with Gasteiger partial charge in [0.15, 0.2) is 5.78 Å². The van der Waals surface area contributed by atoms with Gasteiger partial charge in [-0.05, 0) is 18.6 Å². The molecule has 0 aliphatic rings. The highest BCUT2D eigenvalue weighted by Gasteiger charge is 2.61. The van der Waals surface area contributed by atoms with E-state index in [0.717, 1.165) is 6.07 Å². The van der Waals surface area contributed by atoms with Gasteiger partial charge in [-0.3, -0.25) is 4.79 Å². The van der Waals surface area contributed by atoms with Crippen molar-refractivity contribution in [1.82, 2.24) is 0 Å². The maximum atomic E-state index is 12.3. The van der Waals surface area contributed by atoms with E-state index in [9.17, 15) is 31.1 Å². The first-order valence-corrected chi connectivity index (χ1v) is 5.65. The van der Waals surface area contributed by atoms with Crippen molar-refractivity contribution >= 4 is 17.1 Å². The summed E-state index contributed by atoms with van der Waals surface area (Å²) in [5.41, 5.74) is 0. The van der Waals surface area contributed by atoms with Gasteiger partial charge in [-0.2, -0.15) is 26.3 Å². The van der Waals surface area contributed by atoms with Crippen LogP contribution >= 0.6 is 11.3 Å². The number of carbonyl (C=O) groups excluding carboxylic acids is 1. The van der Waals surface area contributed by atoms with Gasteiger partial charge in [-0.1, -0.05) is 6.92 Å². The van der Waals surface area contributed by atoms with Gasteiger partial charge in [-0.25, -0.2) is 0 Å². The first-order chi connectivity index (χ1) is 8.07. The molecule has 0 aliphatic carbocycles. The van der Waals surface area contributed by atoms with E-state index in [4.69, 9.17) is 0 Å². The largest absolute Gasteiger partial charge is 0.407 e. The van der Waals surface area contributed by atoms with Gasteiger partial charge in [0.1, 0.15) is 0 Å². The van der Waals surface area contributed by atoms with E-state index < -0.39 is 28.9 Å². The van der Waals surface area contributed by atoms with Crippen LogP contribution in [0.2, 0.25) is 0 Å². The molecule has 0 aliphatic heterocycles. The predicted molar refractivity (Wildman–Crippen MR) is 53.6 cm³/mol. The summed E-state index contributed by atoms with van der Waals surface area (Å²) < 4.78 is 73.8. The fourth-order valence-electron chi connectivity index (χ4n) is 1.33. The number of hydrogen-bond acceptors (Lipinski definition) is 2. The Morgan fingerprint density at radius 1 is 1.17 bits per heavy atom. The van der Waals surface area contributed by atoms with Crippen LogP contribution in [0.1, 0.15) is 21.5 Å². The Morgan fingerprint density at radius 2 is 1.67 bits per heavy atom. The first kappa shape index (κ1) is 15.0. The van der Waals surface area contributed by atoms with Crippen LogP contribution < -0.4 is 0 Å². The lowest BCUT2D eigenvalue weighted by Gasteiger charge is -2.20. The molecule has 0 N–H and O–H groups in total. The number of ketones is 1. The van der Waals surface area contributed by atoms with Gasteiger partial charge in [0.2, 0.25) is 5.92 Å². The van der Waals surface area contributed by atoms with Crippen LogP contribution in [-0.2, 0) is 6.42 Å². The second-order valence-electron chi connectivity index (χ2n) is 3.50. The number of Topliss-reactive ketones (excluding diaryl/α,β-unsaturated/α-hetero) is 1. The van der Waals surface area contributed by atoms with E-state index in [-0.39, 0.29) is 0 Å². The molecule has 0 atom stereocenters. The summed E-state index contributed by atoms with van der Waals surface area (Å²) in [5.74, 6) is -5.90. The summed E-state index contributed by atoms with van der Waals surface area (Å²) in [6.45, 7) is 1.69. The average Bonchev–Trinajstić information content (AvgIpc) is 2.60. The monoisotopic (exact) mass is 290 g/mol. The van der Waals surface area contributed by atoms with Crippen LogP contribution in [0.15, 0.2) is 12.1 Å². The molecule has 1 nitrogen and oxygen atoms in total. The molecule has 0 unspecified atom stereocenters. The third-order valence-corrected chi connectivity index (χ3v) is 3.41. The average molecular weight is 290 g/mol. The molecule has 1 rings (SSSR count). The fourth-order valence-corrected chi connectivity index (χ4v) is 2.24. The van der Waals surface area contributed by atoms with Crippen LogP contribution in [0.5, 0.6) is 0 Å². The van der Waals surface area contributed by atoms with Crippen molar-refractivity contribution in [3.63, 3.8) is 0 Å². The maximum absolute atomic E-state index is 12.3. The zero-order valence-electron chi connectivity index (χ0n) is 9.02. The van der Waals surface area contributed by atoms with Crippen molar-refractivity contribution in [2.75, 3.05) is 0 Å². The minimum atomic E-state index is -5.63. The molecule has 0 fully saturated rings. The van der Waals surface area contributed by atoms with Crippen LogP contribution in [0.3, 0.4) is 0 Å². The minimum Gasteiger partial charge on any atom is -0.292 e. The Balaban J connectivity index is 3.11. The first-order valence-electron chi connectivity index (χ1n) is 4.83. The summed E-state index contributed by atoms with van der Waals surface area (Å²) in [5, 5.41) is 0. The quantitative estimate of drug-likeness (QED) is 0.601. The lowest BCUT2D eigenvalue weighted by Crippen LogP contribution is -2.42. The Labute approximate surface area is 102 Å². The van der Waals surface area contributed by atoms with Crippen molar-refractivity contribution in [2.45, 2.75) is 25.7 Å². The minimum absolute atomic E-state index is 0.445. The summed E-state index contributed by atoms with van der Waals surface area (Å²) in [7, 11) is 0. The molecule has 0 saturated carbocycles. The van der Waals surface area contributed by atoms with Gasteiger partial charge in [0.25, 0.3) is 0 Å². The Kier molecular flexibility index (Phi) is 4.09. The number of thiophene rings is 1. The number of carbonyl (C=O) groups is 1. The van der Waals surface area contributed by atoms with Crippen LogP contribution in [-0.4, -0.2) is 18.1 Å². The molecule has 0 radical (unpaired) electrons. The molecular formula is C10H8F6OS. The smallest absolute Gasteiger partial charge is 0.292 e. The number of rotatable bonds is 3. The van der Waals surface area contributed by atoms with Gasteiger partial charge < -0.3 is 0 Å². The van der Waals surface area contributed by atoms with E-state index in [1.54, 1.807) is 6.92 Å². The molecular weight excluding hydrogens is 282 g/mol. The molecule has 1 aromatic rings. The van der Waals surface area contributed by atoms with Crippen molar-refractivity contribution in [1.29, 1.82) is 0 Å². The van der Waals surface area contributed by atoms with E-state index in [0.29, 0.717) is 22.6 Å². The Bertz CT molecular complexity index is 416. The maximum Gasteiger partial charge on any atom is 0.407 e. The number of aryl methyl sites for hydroxylation is 1. The normalized spacial score (nSPS) is 13.1. The van der Waals surface area contributed by atoms with Gasteiger partial charge in [0, 0.05) is 4.88 Å². The van der Waals surface area contributed by atoms with Crippen LogP contribution in [0, 0.1) is 5.92 Å². The SMILES string of the molecule is CCc1ccc(C(=O)C(C(F)(F)F)C(F)(F)F)s1. The van der Waals surface area contributed by atoms with E-state index in [1.165, 1.54) is 6.07 Å². The summed E-state index contributed by atoms with van der Waals surface area (Å²) in [6, 6.07) is 2.35. The standard InChI is InChI=1S/C10H8F6OS/c1-2-5-3-4-6(18-5)7(17)8(9(11,12)13)10(14,15)16/h3-4,8H,2H2,1H3. The van der Waals surface area contributed by atoms with Gasteiger partial charge in [-0.15, -0.1) is 11.3 Å². The molecule has 0 saturated heterocycles. The molecule has 102 valence electrons. The lowest BCUT2D eigenvalue weighted by atomic mass is 10.0. The third-order valence-electron chi connectivity index (χ3n) is 2.17. The van der Waals surface area contributed by atoms with Crippen LogP contribution in [0.4, 0.5) is 26.3 Å². The fraction of sp³-hybridized carbons (Fsp3) is 0.500. The summed E-state index contributed by atoms with van der Waals surface area (Å²) in [6.07, 6.45) is -10.8. The van der Waals surface area contributed by atoms with Crippen molar-refractivity contribution < 1.29 is 31.1 Å². The number of alkyl halides is 6. The summed E-state index contributed by atoms with van der Waals surface area (Å²) in [4.78, 5) is 11.4. The number of halogens is 6. The highest BCUT2D eigenvalue weighted by molar-refractivity contribution is 7.14. The van der Waals surface area contributed by atoms with Crippen molar-refractivity contribution in [3.8, 4) is 0 Å². The predicted octanol–water partition coefficient (Wildman–Crippen LogP) is 4.23. The molecule has 0 amide bonds. The van der Waals surface area contributed by atoms with Crippen molar-refractivity contribution in [3.05, 3.63) is 21.9 Å². The molecule has 0 bridgehead atoms. The number of hydrogen-bond donors (Lipinski definition) is 0. The Morgan fingerprint density at radius 3 is 2.00 bits per heavy atom. The molecule has 0 aromatic carbocycles. The van der Waals surface area contributed by atoms with E-state index in [1.807, 2.05) is 0 Å². The second-order valence-corrected chi connectivity index (χ2v) is 4.67. The molecule has 1 heterocycles. The summed E-state index contributed by atoms with van der Waals surface area (Å²) >= 11 is 0.652. The second kappa shape index (κ2) is 4.91. The van der Waals surface area contributed by atoms with Crippen LogP contribution in [0.25, 0.3) is 0 Å². The van der Waals surface area contributed by atoms with E-state index >= 15 is 0 Å². The third kappa shape index (κ3) is 3.24. The van der Waals surface area contributed by atoms with E-state index in [2.05, 4.69) is 0 Å². The Hall–Kier alpha value is -1.05. The lowest BCUT2D eigenvalue weighted by molar-refractivity contribution is -0.264. The highest BCUT2D eigenvalue weighted by Crippen LogP contribution is 2.42. The molecule has 18 heavy (non-hydrogen) atoms. The zero-order chi connectivity index (χ0) is 14.1. The van der Waals surface area contributed by atoms with Gasteiger partial charge >= 0.3 is 12.4 Å². The highest BCUT2D eigenvalue weighted by atomic mass is 32.1. The van der Waals surface area contributed by atoms with Crippen molar-refractivity contribution in [2.24, 2.45) is 5.92 Å².